The molecule has 0 radical (unpaired) electrons. The normalized spacial score (nSPS) is 10.2. The molecular formula is C13H16INO3. The molecule has 0 heterocycles. The molecular weight excluding hydrogens is 345 g/mol. The molecule has 0 bridgehead atoms. The fourth-order valence-corrected chi connectivity index (χ4v) is 3.12. The van der Waals surface area contributed by atoms with Gasteiger partial charge in [0.05, 0.1) is 12.1 Å². The first-order chi connectivity index (χ1) is 8.32. The molecule has 0 atom stereocenters. The van der Waals surface area contributed by atoms with Gasteiger partial charge in [-0.05, 0) is 53.6 Å². The molecule has 0 aliphatic rings. The van der Waals surface area contributed by atoms with Crippen LogP contribution in [-0.2, 0) is 9.59 Å². The van der Waals surface area contributed by atoms with Gasteiger partial charge in [0.15, 0.2) is 0 Å². The van der Waals surface area contributed by atoms with Crippen LogP contribution in [0.15, 0.2) is 12.1 Å². The van der Waals surface area contributed by atoms with E-state index in [0.717, 1.165) is 20.4 Å². The van der Waals surface area contributed by atoms with Gasteiger partial charge in [-0.25, -0.2) is 0 Å². The van der Waals surface area contributed by atoms with Crippen molar-refractivity contribution in [3.05, 3.63) is 26.8 Å². The van der Waals surface area contributed by atoms with Crippen molar-refractivity contribution in [1.82, 2.24) is 0 Å². The third kappa shape index (κ3) is 3.69. The third-order valence-electron chi connectivity index (χ3n) is 2.66. The van der Waals surface area contributed by atoms with E-state index in [9.17, 15) is 9.59 Å². The minimum absolute atomic E-state index is 0.0230. The first kappa shape index (κ1) is 14.9. The molecule has 0 aliphatic heterocycles. The number of nitrogens with zero attached hydrogens (tertiary/aromatic N) is 1. The Morgan fingerprint density at radius 3 is 2.39 bits per heavy atom. The molecule has 0 aromatic heterocycles. The maximum absolute atomic E-state index is 11.9. The lowest BCUT2D eigenvalue weighted by Gasteiger charge is -2.21. The number of amides is 1. The van der Waals surface area contributed by atoms with E-state index in [1.165, 1.54) is 0 Å². The van der Waals surface area contributed by atoms with Gasteiger partial charge in [0, 0.05) is 17.0 Å². The van der Waals surface area contributed by atoms with Crippen LogP contribution >= 0.6 is 22.6 Å². The average molecular weight is 361 g/mol. The summed E-state index contributed by atoms with van der Waals surface area (Å²) in [5.41, 5.74) is 3.02. The minimum atomic E-state index is -0.952. The van der Waals surface area contributed by atoms with Crippen LogP contribution < -0.4 is 4.90 Å². The molecule has 18 heavy (non-hydrogen) atoms. The number of carboxylic acid groups (broad SMARTS) is 1. The Labute approximate surface area is 120 Å². The second-order valence-electron chi connectivity index (χ2n) is 4.26. The number of aliphatic carboxylic acids is 1. The summed E-state index contributed by atoms with van der Waals surface area (Å²) in [5.74, 6) is -1.13. The Kier molecular flexibility index (Phi) is 5.13. The lowest BCUT2D eigenvalue weighted by Crippen LogP contribution is -2.28. The molecule has 0 saturated heterocycles. The summed E-state index contributed by atoms with van der Waals surface area (Å²) in [5, 5.41) is 8.59. The first-order valence-corrected chi connectivity index (χ1v) is 6.66. The lowest BCUT2D eigenvalue weighted by molar-refractivity contribution is -0.138. The molecule has 1 rings (SSSR count). The molecule has 0 spiro atoms. The van der Waals surface area contributed by atoms with Gasteiger partial charge in [-0.1, -0.05) is 6.07 Å². The number of anilines is 1. The van der Waals surface area contributed by atoms with Crippen molar-refractivity contribution >= 4 is 40.2 Å². The topological polar surface area (TPSA) is 57.6 Å². The van der Waals surface area contributed by atoms with E-state index in [0.29, 0.717) is 0 Å². The summed E-state index contributed by atoms with van der Waals surface area (Å²) in [6, 6.07) is 4.02. The molecule has 1 aromatic carbocycles. The summed E-state index contributed by atoms with van der Waals surface area (Å²) in [4.78, 5) is 23.9. The number of hydrogen-bond donors (Lipinski definition) is 1. The zero-order valence-corrected chi connectivity index (χ0v) is 12.8. The van der Waals surface area contributed by atoms with E-state index in [4.69, 9.17) is 5.11 Å². The van der Waals surface area contributed by atoms with Gasteiger partial charge in [0.25, 0.3) is 0 Å². The molecule has 0 aliphatic carbocycles. The van der Waals surface area contributed by atoms with Crippen molar-refractivity contribution in [3.8, 4) is 0 Å². The van der Waals surface area contributed by atoms with Gasteiger partial charge >= 0.3 is 5.97 Å². The van der Waals surface area contributed by atoms with Gasteiger partial charge in [-0.2, -0.15) is 0 Å². The number of hydrogen-bond acceptors (Lipinski definition) is 2. The highest BCUT2D eigenvalue weighted by atomic mass is 127. The van der Waals surface area contributed by atoms with Crippen LogP contribution in [0, 0.1) is 17.4 Å². The van der Waals surface area contributed by atoms with Crippen LogP contribution in [0.2, 0.25) is 0 Å². The lowest BCUT2D eigenvalue weighted by atomic mass is 10.1. The SMILES string of the molecule is Cc1cc(C)c(N(C)C(=O)CCC(=O)O)c(I)c1. The first-order valence-electron chi connectivity index (χ1n) is 5.58. The van der Waals surface area contributed by atoms with Crippen LogP contribution in [0.4, 0.5) is 5.69 Å². The number of benzene rings is 1. The monoisotopic (exact) mass is 361 g/mol. The zero-order valence-electron chi connectivity index (χ0n) is 10.7. The highest BCUT2D eigenvalue weighted by Gasteiger charge is 2.17. The van der Waals surface area contributed by atoms with Gasteiger partial charge in [-0.15, -0.1) is 0 Å². The van der Waals surface area contributed by atoms with E-state index in [1.54, 1.807) is 11.9 Å². The van der Waals surface area contributed by atoms with Crippen molar-refractivity contribution in [2.75, 3.05) is 11.9 Å². The maximum Gasteiger partial charge on any atom is 0.303 e. The van der Waals surface area contributed by atoms with Gasteiger partial charge < -0.3 is 10.0 Å². The van der Waals surface area contributed by atoms with E-state index in [2.05, 4.69) is 22.6 Å². The van der Waals surface area contributed by atoms with Crippen LogP contribution in [0.25, 0.3) is 0 Å². The Bertz CT molecular complexity index is 462. The molecule has 0 unspecified atom stereocenters. The second-order valence-corrected chi connectivity index (χ2v) is 5.42. The summed E-state index contributed by atoms with van der Waals surface area (Å²) >= 11 is 2.19. The summed E-state index contributed by atoms with van der Waals surface area (Å²) in [7, 11) is 1.68. The Hall–Kier alpha value is -1.11. The van der Waals surface area contributed by atoms with E-state index in [1.807, 2.05) is 26.0 Å². The van der Waals surface area contributed by atoms with Crippen LogP contribution in [-0.4, -0.2) is 24.0 Å². The van der Waals surface area contributed by atoms with E-state index in [-0.39, 0.29) is 18.7 Å². The maximum atomic E-state index is 11.9. The molecule has 1 N–H and O–H groups in total. The number of rotatable bonds is 4. The van der Waals surface area contributed by atoms with Gasteiger partial charge in [0.1, 0.15) is 0 Å². The molecule has 5 heteroatoms. The Morgan fingerprint density at radius 1 is 1.28 bits per heavy atom. The highest BCUT2D eigenvalue weighted by molar-refractivity contribution is 14.1. The van der Waals surface area contributed by atoms with Crippen molar-refractivity contribution in [3.63, 3.8) is 0 Å². The fourth-order valence-electron chi connectivity index (χ4n) is 1.84. The van der Waals surface area contributed by atoms with E-state index < -0.39 is 5.97 Å². The van der Waals surface area contributed by atoms with E-state index >= 15 is 0 Å². The van der Waals surface area contributed by atoms with Crippen molar-refractivity contribution in [1.29, 1.82) is 0 Å². The molecule has 1 amide bonds. The zero-order chi connectivity index (χ0) is 13.9. The molecule has 1 aromatic rings. The van der Waals surface area contributed by atoms with Crippen molar-refractivity contribution in [2.24, 2.45) is 0 Å². The average Bonchev–Trinajstić information content (AvgIpc) is 2.24. The number of carboxylic acids is 1. The van der Waals surface area contributed by atoms with Crippen LogP contribution in [0.5, 0.6) is 0 Å². The number of aryl methyl sites for hydroxylation is 2. The fraction of sp³-hybridized carbons (Fsp3) is 0.385. The summed E-state index contributed by atoms with van der Waals surface area (Å²) in [6.45, 7) is 3.96. The second kappa shape index (κ2) is 6.17. The molecule has 0 saturated carbocycles. The van der Waals surface area contributed by atoms with Gasteiger partial charge in [0.2, 0.25) is 5.91 Å². The number of carbonyl (C=O) groups excluding carboxylic acids is 1. The molecule has 0 fully saturated rings. The third-order valence-corrected chi connectivity index (χ3v) is 3.48. The number of carbonyl (C=O) groups is 2. The van der Waals surface area contributed by atoms with Crippen molar-refractivity contribution in [2.45, 2.75) is 26.7 Å². The van der Waals surface area contributed by atoms with Crippen LogP contribution in [0.3, 0.4) is 0 Å². The summed E-state index contributed by atoms with van der Waals surface area (Å²) in [6.07, 6.45) is -0.111. The molecule has 4 nitrogen and oxygen atoms in total. The largest absolute Gasteiger partial charge is 0.481 e. The Morgan fingerprint density at radius 2 is 1.89 bits per heavy atom. The number of halogens is 1. The summed E-state index contributed by atoms with van der Waals surface area (Å²) < 4.78 is 0.997. The minimum Gasteiger partial charge on any atom is -0.481 e. The van der Waals surface area contributed by atoms with Crippen molar-refractivity contribution < 1.29 is 14.7 Å². The smallest absolute Gasteiger partial charge is 0.303 e. The quantitative estimate of drug-likeness (QED) is 0.839. The van der Waals surface area contributed by atoms with Gasteiger partial charge in [-0.3, -0.25) is 9.59 Å². The van der Waals surface area contributed by atoms with Crippen LogP contribution in [0.1, 0.15) is 24.0 Å². The standard InChI is InChI=1S/C13H16INO3/c1-8-6-9(2)13(10(14)7-8)15(3)11(16)4-5-12(17)18/h6-7H,4-5H2,1-3H3,(H,17,18). The predicted octanol–water partition coefficient (Wildman–Crippen LogP) is 2.74. The predicted molar refractivity (Wildman–Crippen MR) is 78.9 cm³/mol. The Balaban J connectivity index is 2.93. The highest BCUT2D eigenvalue weighted by Crippen LogP contribution is 2.27. The molecule has 98 valence electrons.